The first-order valence-electron chi connectivity index (χ1n) is 6.56. The third-order valence-corrected chi connectivity index (χ3v) is 4.74. The van der Waals surface area contributed by atoms with Gasteiger partial charge in [-0.3, -0.25) is 4.79 Å². The minimum atomic E-state index is 0.175. The van der Waals surface area contributed by atoms with E-state index in [1.807, 2.05) is 30.3 Å². The highest BCUT2D eigenvalue weighted by Gasteiger charge is 2.17. The van der Waals surface area contributed by atoms with Gasteiger partial charge >= 0.3 is 0 Å². The molecule has 1 aromatic carbocycles. The Kier molecular flexibility index (Phi) is 3.28. The SMILES string of the molecule is O=C(c1ccccc1)c1cc2c(s1)CCCCC2. The van der Waals surface area contributed by atoms with Crippen molar-refractivity contribution in [2.45, 2.75) is 32.1 Å². The Balaban J connectivity index is 1.91. The highest BCUT2D eigenvalue weighted by atomic mass is 32.1. The van der Waals surface area contributed by atoms with Crippen LogP contribution in [0.4, 0.5) is 0 Å². The smallest absolute Gasteiger partial charge is 0.202 e. The van der Waals surface area contributed by atoms with Gasteiger partial charge in [0.05, 0.1) is 4.88 Å². The molecule has 2 aromatic rings. The number of hydrogen-bond acceptors (Lipinski definition) is 2. The van der Waals surface area contributed by atoms with E-state index in [0.717, 1.165) is 23.3 Å². The minimum Gasteiger partial charge on any atom is -0.288 e. The van der Waals surface area contributed by atoms with Gasteiger partial charge in [0.15, 0.2) is 0 Å². The number of ketones is 1. The molecule has 0 N–H and O–H groups in total. The quantitative estimate of drug-likeness (QED) is 0.580. The van der Waals surface area contributed by atoms with E-state index in [9.17, 15) is 4.79 Å². The van der Waals surface area contributed by atoms with E-state index in [4.69, 9.17) is 0 Å². The Bertz CT molecular complexity index is 530. The van der Waals surface area contributed by atoms with Crippen molar-refractivity contribution in [3.63, 3.8) is 0 Å². The van der Waals surface area contributed by atoms with Gasteiger partial charge < -0.3 is 0 Å². The molecule has 2 heteroatoms. The van der Waals surface area contributed by atoms with Crippen molar-refractivity contribution in [3.05, 3.63) is 57.3 Å². The summed E-state index contributed by atoms with van der Waals surface area (Å²) in [7, 11) is 0. The second-order valence-corrected chi connectivity index (χ2v) is 5.95. The van der Waals surface area contributed by atoms with Gasteiger partial charge in [0.2, 0.25) is 5.78 Å². The molecule has 0 unspecified atom stereocenters. The fourth-order valence-electron chi connectivity index (χ4n) is 2.51. The van der Waals surface area contributed by atoms with E-state index in [1.165, 1.54) is 29.7 Å². The van der Waals surface area contributed by atoms with Crippen molar-refractivity contribution in [2.75, 3.05) is 0 Å². The monoisotopic (exact) mass is 256 g/mol. The van der Waals surface area contributed by atoms with E-state index in [2.05, 4.69) is 6.07 Å². The Labute approximate surface area is 111 Å². The molecule has 3 rings (SSSR count). The lowest BCUT2D eigenvalue weighted by Gasteiger charge is -1.97. The summed E-state index contributed by atoms with van der Waals surface area (Å²) < 4.78 is 0. The summed E-state index contributed by atoms with van der Waals surface area (Å²) in [6.07, 6.45) is 6.16. The molecule has 1 nitrogen and oxygen atoms in total. The van der Waals surface area contributed by atoms with E-state index in [1.54, 1.807) is 11.3 Å². The molecule has 18 heavy (non-hydrogen) atoms. The number of fused-ring (bicyclic) bond motifs is 1. The van der Waals surface area contributed by atoms with Gasteiger partial charge in [-0.15, -0.1) is 11.3 Å². The zero-order valence-corrected chi connectivity index (χ0v) is 11.1. The topological polar surface area (TPSA) is 17.1 Å². The van der Waals surface area contributed by atoms with Crippen LogP contribution in [-0.4, -0.2) is 5.78 Å². The normalized spacial score (nSPS) is 14.9. The van der Waals surface area contributed by atoms with Crippen molar-refractivity contribution in [1.82, 2.24) is 0 Å². The van der Waals surface area contributed by atoms with E-state index < -0.39 is 0 Å². The van der Waals surface area contributed by atoms with Crippen LogP contribution in [0.25, 0.3) is 0 Å². The average molecular weight is 256 g/mol. The van der Waals surface area contributed by atoms with Gasteiger partial charge in [-0.25, -0.2) is 0 Å². The maximum atomic E-state index is 12.4. The highest BCUT2D eigenvalue weighted by Crippen LogP contribution is 2.30. The van der Waals surface area contributed by atoms with Crippen LogP contribution in [0.3, 0.4) is 0 Å². The lowest BCUT2D eigenvalue weighted by atomic mass is 10.1. The third kappa shape index (κ3) is 2.25. The molecule has 1 aliphatic carbocycles. The Hall–Kier alpha value is -1.41. The third-order valence-electron chi connectivity index (χ3n) is 3.51. The summed E-state index contributed by atoms with van der Waals surface area (Å²) in [5.74, 6) is 0.175. The van der Waals surface area contributed by atoms with Gasteiger partial charge in [-0.1, -0.05) is 36.8 Å². The Morgan fingerprint density at radius 1 is 1.00 bits per heavy atom. The van der Waals surface area contributed by atoms with Crippen molar-refractivity contribution in [3.8, 4) is 0 Å². The highest BCUT2D eigenvalue weighted by molar-refractivity contribution is 7.14. The molecule has 1 aliphatic rings. The first-order chi connectivity index (χ1) is 8.84. The van der Waals surface area contributed by atoms with Gasteiger partial charge in [0.1, 0.15) is 0 Å². The number of rotatable bonds is 2. The zero-order chi connectivity index (χ0) is 12.4. The van der Waals surface area contributed by atoms with Gasteiger partial charge in [-0.2, -0.15) is 0 Å². The standard InChI is InChI=1S/C16H16OS/c17-16(12-7-3-1-4-8-12)15-11-13-9-5-2-6-10-14(13)18-15/h1,3-4,7-8,11H,2,5-6,9-10H2. The molecule has 0 spiro atoms. The molecule has 0 amide bonds. The predicted octanol–water partition coefficient (Wildman–Crippen LogP) is 4.25. The largest absolute Gasteiger partial charge is 0.288 e. The number of hydrogen-bond donors (Lipinski definition) is 0. The van der Waals surface area contributed by atoms with Gasteiger partial charge in [-0.05, 0) is 37.3 Å². The number of benzene rings is 1. The number of thiophene rings is 1. The molecule has 0 fully saturated rings. The molecule has 0 aliphatic heterocycles. The van der Waals surface area contributed by atoms with Crippen LogP contribution >= 0.6 is 11.3 Å². The molecule has 1 heterocycles. The summed E-state index contributed by atoms with van der Waals surface area (Å²) in [6.45, 7) is 0. The van der Waals surface area contributed by atoms with E-state index >= 15 is 0 Å². The molecule has 0 saturated heterocycles. The second-order valence-electron chi connectivity index (χ2n) is 4.81. The molecular weight excluding hydrogens is 240 g/mol. The van der Waals surface area contributed by atoms with Gasteiger partial charge in [0.25, 0.3) is 0 Å². The van der Waals surface area contributed by atoms with Crippen molar-refractivity contribution >= 4 is 17.1 Å². The molecule has 1 aromatic heterocycles. The van der Waals surface area contributed by atoms with Crippen LogP contribution in [-0.2, 0) is 12.8 Å². The fourth-order valence-corrected chi connectivity index (χ4v) is 3.73. The van der Waals surface area contributed by atoms with E-state index in [-0.39, 0.29) is 5.78 Å². The summed E-state index contributed by atoms with van der Waals surface area (Å²) in [6, 6.07) is 11.7. The van der Waals surface area contributed by atoms with Crippen LogP contribution in [0, 0.1) is 0 Å². The van der Waals surface area contributed by atoms with Crippen LogP contribution < -0.4 is 0 Å². The fraction of sp³-hybridized carbons (Fsp3) is 0.312. The number of carbonyl (C=O) groups is 1. The predicted molar refractivity (Wildman–Crippen MR) is 75.5 cm³/mol. The molecule has 0 atom stereocenters. The number of aryl methyl sites for hydroxylation is 2. The zero-order valence-electron chi connectivity index (χ0n) is 10.3. The molecular formula is C16H16OS. The maximum Gasteiger partial charge on any atom is 0.202 e. The van der Waals surface area contributed by atoms with Crippen molar-refractivity contribution < 1.29 is 4.79 Å². The summed E-state index contributed by atoms with van der Waals surface area (Å²) in [4.78, 5) is 14.7. The second kappa shape index (κ2) is 5.07. The lowest BCUT2D eigenvalue weighted by Crippen LogP contribution is -1.97. The molecule has 92 valence electrons. The minimum absolute atomic E-state index is 0.175. The average Bonchev–Trinajstić information content (AvgIpc) is 2.70. The summed E-state index contributed by atoms with van der Waals surface area (Å²) >= 11 is 1.70. The van der Waals surface area contributed by atoms with Crippen molar-refractivity contribution in [1.29, 1.82) is 0 Å². The molecule has 0 radical (unpaired) electrons. The summed E-state index contributed by atoms with van der Waals surface area (Å²) in [5.41, 5.74) is 2.21. The Morgan fingerprint density at radius 2 is 1.78 bits per heavy atom. The Morgan fingerprint density at radius 3 is 2.61 bits per heavy atom. The first-order valence-corrected chi connectivity index (χ1v) is 7.37. The number of carbonyl (C=O) groups excluding carboxylic acids is 1. The van der Waals surface area contributed by atoms with Crippen LogP contribution in [0.15, 0.2) is 36.4 Å². The van der Waals surface area contributed by atoms with Crippen LogP contribution in [0.5, 0.6) is 0 Å². The molecule has 0 bridgehead atoms. The van der Waals surface area contributed by atoms with Gasteiger partial charge in [0, 0.05) is 10.4 Å². The van der Waals surface area contributed by atoms with E-state index in [0.29, 0.717) is 0 Å². The first kappa shape index (κ1) is 11.7. The maximum absolute atomic E-state index is 12.4. The molecule has 0 saturated carbocycles. The van der Waals surface area contributed by atoms with Crippen LogP contribution in [0.2, 0.25) is 0 Å². The van der Waals surface area contributed by atoms with Crippen LogP contribution in [0.1, 0.15) is 44.9 Å². The summed E-state index contributed by atoms with van der Waals surface area (Å²) in [5, 5.41) is 0. The van der Waals surface area contributed by atoms with Crippen molar-refractivity contribution in [2.24, 2.45) is 0 Å². The lowest BCUT2D eigenvalue weighted by molar-refractivity contribution is 0.104.